The topological polar surface area (TPSA) is 54.9 Å². The van der Waals surface area contributed by atoms with E-state index >= 15 is 0 Å². The number of ether oxygens (including phenoxy) is 1. The zero-order valence-electron chi connectivity index (χ0n) is 14.3. The maximum atomic E-state index is 5.98. The van der Waals surface area contributed by atoms with Crippen LogP contribution in [0.5, 0.6) is 0 Å². The summed E-state index contributed by atoms with van der Waals surface area (Å²) >= 11 is 7.31. The number of halogens is 2. The Kier molecular flexibility index (Phi) is 5.71. The second-order valence-corrected chi connectivity index (χ2v) is 14.6. The van der Waals surface area contributed by atoms with E-state index < -0.39 is 8.07 Å². The molecule has 0 bridgehead atoms. The van der Waals surface area contributed by atoms with Crippen molar-refractivity contribution in [2.75, 3.05) is 13.2 Å². The van der Waals surface area contributed by atoms with Gasteiger partial charge in [0.05, 0.1) is 22.5 Å². The fraction of sp³-hybridized carbons (Fsp3) is 0.562. The molecule has 24 heavy (non-hydrogen) atoms. The van der Waals surface area contributed by atoms with Gasteiger partial charge < -0.3 is 19.6 Å². The molecule has 0 aromatic carbocycles. The van der Waals surface area contributed by atoms with Gasteiger partial charge in [-0.3, -0.25) is 0 Å². The first-order valence-corrected chi connectivity index (χ1v) is 13.5. The van der Waals surface area contributed by atoms with Gasteiger partial charge in [-0.2, -0.15) is 0 Å². The van der Waals surface area contributed by atoms with Gasteiger partial charge in [0.1, 0.15) is 11.3 Å². The van der Waals surface area contributed by atoms with Gasteiger partial charge >= 0.3 is 0 Å². The van der Waals surface area contributed by atoms with Crippen LogP contribution in [0.1, 0.15) is 23.1 Å². The van der Waals surface area contributed by atoms with E-state index in [0.29, 0.717) is 6.73 Å². The molecule has 3 heterocycles. The summed E-state index contributed by atoms with van der Waals surface area (Å²) in [7, 11) is -1.07. The van der Waals surface area contributed by atoms with Crippen molar-refractivity contribution in [3.05, 3.63) is 38.6 Å². The second kappa shape index (κ2) is 7.45. The predicted molar refractivity (Wildman–Crippen MR) is 106 cm³/mol. The summed E-state index contributed by atoms with van der Waals surface area (Å²) in [6.07, 6.45) is 2.77. The molecule has 2 aromatic rings. The molecule has 8 heteroatoms. The molecule has 5 nitrogen and oxygen atoms in total. The number of H-pyrrole nitrogens is 1. The van der Waals surface area contributed by atoms with Gasteiger partial charge in [0.2, 0.25) is 0 Å². The van der Waals surface area contributed by atoms with E-state index in [9.17, 15) is 0 Å². The fourth-order valence-corrected chi connectivity index (χ4v) is 4.50. The van der Waals surface area contributed by atoms with Crippen LogP contribution in [0.15, 0.2) is 21.5 Å². The van der Waals surface area contributed by atoms with Gasteiger partial charge in [0.15, 0.2) is 0 Å². The van der Waals surface area contributed by atoms with Gasteiger partial charge in [0, 0.05) is 39.0 Å². The molecule has 0 aliphatic carbocycles. The van der Waals surface area contributed by atoms with E-state index in [0.717, 1.165) is 40.0 Å². The highest BCUT2D eigenvalue weighted by atomic mass is 79.9. The fourth-order valence-electron chi connectivity index (χ4n) is 2.88. The molecular formula is C16H24Br2N4OSi. The van der Waals surface area contributed by atoms with Crippen LogP contribution in [0.25, 0.3) is 0 Å². The molecule has 0 saturated heterocycles. The highest BCUT2D eigenvalue weighted by molar-refractivity contribution is 9.13. The van der Waals surface area contributed by atoms with Crippen LogP contribution in [-0.2, 0) is 17.9 Å². The van der Waals surface area contributed by atoms with Crippen LogP contribution < -0.4 is 5.32 Å². The van der Waals surface area contributed by atoms with Gasteiger partial charge in [0.25, 0.3) is 0 Å². The maximum Gasteiger partial charge on any atom is 0.123 e. The molecule has 0 amide bonds. The number of fused-ring (bicyclic) bond motifs is 1. The van der Waals surface area contributed by atoms with Gasteiger partial charge in [-0.1, -0.05) is 19.6 Å². The van der Waals surface area contributed by atoms with Crippen molar-refractivity contribution < 1.29 is 4.74 Å². The number of nitrogens with zero attached hydrogens (tertiary/aromatic N) is 2. The Balaban J connectivity index is 1.79. The van der Waals surface area contributed by atoms with Gasteiger partial charge in [-0.25, -0.2) is 4.98 Å². The van der Waals surface area contributed by atoms with Gasteiger partial charge in [-0.05, 0) is 44.0 Å². The Labute approximate surface area is 160 Å². The van der Waals surface area contributed by atoms with Crippen molar-refractivity contribution in [1.82, 2.24) is 19.9 Å². The molecule has 0 fully saturated rings. The summed E-state index contributed by atoms with van der Waals surface area (Å²) in [5, 5.41) is 3.58. The number of aromatic amines is 1. The number of hydrogen-bond acceptors (Lipinski definition) is 3. The average molecular weight is 476 g/mol. The first kappa shape index (κ1) is 18.4. The average Bonchev–Trinajstić information content (AvgIpc) is 3.09. The van der Waals surface area contributed by atoms with E-state index in [-0.39, 0.29) is 6.04 Å². The molecule has 1 aliphatic heterocycles. The summed E-state index contributed by atoms with van der Waals surface area (Å²) in [4.78, 5) is 7.78. The van der Waals surface area contributed by atoms with Crippen molar-refractivity contribution in [2.45, 2.75) is 44.9 Å². The highest BCUT2D eigenvalue weighted by Crippen LogP contribution is 2.34. The summed E-state index contributed by atoms with van der Waals surface area (Å²) in [5.41, 5.74) is 3.47. The number of nitrogens with one attached hydrogen (secondary N) is 2. The minimum atomic E-state index is -1.07. The third kappa shape index (κ3) is 4.04. The standard InChI is InChI=1S/C16H24Br2N4OSi/c1-24(2,3)7-6-23-10-22-13(8-11(17)16(22)18)15-14-12(4-5-19-15)20-9-21-14/h8-9,15,19H,4-7,10H2,1-3H3,(H,20,21). The molecule has 0 saturated carbocycles. The molecule has 3 rings (SSSR count). The lowest BCUT2D eigenvalue weighted by molar-refractivity contribution is 0.0832. The molecule has 132 valence electrons. The first-order chi connectivity index (χ1) is 11.4. The Morgan fingerprint density at radius 3 is 2.92 bits per heavy atom. The Morgan fingerprint density at radius 2 is 2.17 bits per heavy atom. The smallest absolute Gasteiger partial charge is 0.123 e. The lowest BCUT2D eigenvalue weighted by Gasteiger charge is -2.25. The minimum Gasteiger partial charge on any atom is -0.361 e. The lowest BCUT2D eigenvalue weighted by Crippen LogP contribution is -2.32. The summed E-state index contributed by atoms with van der Waals surface area (Å²) in [5.74, 6) is 0. The molecule has 0 radical (unpaired) electrons. The van der Waals surface area contributed by atoms with Crippen LogP contribution in [0.3, 0.4) is 0 Å². The third-order valence-corrected chi connectivity index (χ3v) is 7.98. The second-order valence-electron chi connectivity index (χ2n) is 7.39. The highest BCUT2D eigenvalue weighted by Gasteiger charge is 2.28. The van der Waals surface area contributed by atoms with E-state index in [1.807, 2.05) is 0 Å². The summed E-state index contributed by atoms with van der Waals surface area (Å²) in [6, 6.07) is 3.41. The van der Waals surface area contributed by atoms with Crippen molar-refractivity contribution in [3.63, 3.8) is 0 Å². The SMILES string of the molecule is C[Si](C)(C)CCOCn1c(C2NCCc3[nH]cnc32)cc(Br)c1Br. The Bertz CT molecular complexity index is 707. The van der Waals surface area contributed by atoms with Crippen LogP contribution >= 0.6 is 31.9 Å². The maximum absolute atomic E-state index is 5.98. The zero-order valence-corrected chi connectivity index (χ0v) is 18.5. The van der Waals surface area contributed by atoms with Crippen LogP contribution in [-0.4, -0.2) is 35.8 Å². The van der Waals surface area contributed by atoms with Crippen molar-refractivity contribution in [3.8, 4) is 0 Å². The molecule has 1 unspecified atom stereocenters. The number of hydrogen-bond donors (Lipinski definition) is 2. The van der Waals surface area contributed by atoms with Crippen molar-refractivity contribution in [1.29, 1.82) is 0 Å². The number of aromatic nitrogens is 3. The lowest BCUT2D eigenvalue weighted by atomic mass is 10.0. The summed E-state index contributed by atoms with van der Waals surface area (Å²) < 4.78 is 10.2. The first-order valence-electron chi connectivity index (χ1n) is 8.24. The van der Waals surface area contributed by atoms with Crippen LogP contribution in [0.2, 0.25) is 25.7 Å². The number of imidazole rings is 1. The molecule has 0 spiro atoms. The molecule has 1 aliphatic rings. The number of rotatable bonds is 6. The normalized spacial score (nSPS) is 18.0. The van der Waals surface area contributed by atoms with E-state index in [2.05, 4.69) is 77.4 Å². The Hall–Kier alpha value is -0.413. The summed E-state index contributed by atoms with van der Waals surface area (Å²) in [6.45, 7) is 9.41. The van der Waals surface area contributed by atoms with Gasteiger partial charge in [-0.15, -0.1) is 0 Å². The van der Waals surface area contributed by atoms with Crippen molar-refractivity contribution >= 4 is 39.9 Å². The van der Waals surface area contributed by atoms with Crippen LogP contribution in [0, 0.1) is 0 Å². The third-order valence-electron chi connectivity index (χ3n) is 4.28. The molecule has 2 N–H and O–H groups in total. The van der Waals surface area contributed by atoms with E-state index in [1.165, 1.54) is 11.7 Å². The van der Waals surface area contributed by atoms with Crippen LogP contribution in [0.4, 0.5) is 0 Å². The molecule has 1 atom stereocenters. The molecular weight excluding hydrogens is 452 g/mol. The molecule has 2 aromatic heterocycles. The van der Waals surface area contributed by atoms with E-state index in [1.54, 1.807) is 6.33 Å². The minimum absolute atomic E-state index is 0.0863. The Morgan fingerprint density at radius 1 is 1.38 bits per heavy atom. The van der Waals surface area contributed by atoms with Crippen molar-refractivity contribution in [2.24, 2.45) is 0 Å². The quantitative estimate of drug-likeness (QED) is 0.484. The zero-order chi connectivity index (χ0) is 17.3. The monoisotopic (exact) mass is 474 g/mol. The van der Waals surface area contributed by atoms with E-state index in [4.69, 9.17) is 4.74 Å². The largest absolute Gasteiger partial charge is 0.361 e. The predicted octanol–water partition coefficient (Wildman–Crippen LogP) is 4.28.